The number of aliphatic hydroxyl groups excluding tert-OH is 1. The van der Waals surface area contributed by atoms with Crippen molar-refractivity contribution in [3.8, 4) is 0 Å². The van der Waals surface area contributed by atoms with Gasteiger partial charge in [0.2, 0.25) is 5.91 Å². The number of aryl methyl sites for hydroxylation is 2. The Morgan fingerprint density at radius 2 is 1.77 bits per heavy atom. The Hall–Kier alpha value is -3.36. The number of esters is 1. The van der Waals surface area contributed by atoms with E-state index in [0.29, 0.717) is 13.0 Å². The van der Waals surface area contributed by atoms with Crippen molar-refractivity contribution in [3.63, 3.8) is 0 Å². The van der Waals surface area contributed by atoms with Crippen molar-refractivity contribution >= 4 is 35.2 Å². The van der Waals surface area contributed by atoms with Crippen molar-refractivity contribution < 1.29 is 24.2 Å². The molecule has 202 valence electrons. The molecule has 2 saturated heterocycles. The first kappa shape index (κ1) is 25.9. The van der Waals surface area contributed by atoms with Crippen molar-refractivity contribution in [1.82, 2.24) is 4.90 Å². The first-order valence-corrected chi connectivity index (χ1v) is 14.3. The number of fused-ring (bicyclic) bond motifs is 2. The number of benzene rings is 2. The van der Waals surface area contributed by atoms with Crippen LogP contribution in [0, 0.1) is 25.7 Å². The summed E-state index contributed by atoms with van der Waals surface area (Å²) < 4.78 is 4.51. The highest BCUT2D eigenvalue weighted by Gasteiger charge is 2.72. The topological polar surface area (TPSA) is 87.2 Å². The van der Waals surface area contributed by atoms with Gasteiger partial charge in [-0.2, -0.15) is 0 Å². The van der Waals surface area contributed by atoms with Crippen molar-refractivity contribution in [1.29, 1.82) is 0 Å². The van der Waals surface area contributed by atoms with Crippen molar-refractivity contribution in [2.45, 2.75) is 42.3 Å². The molecule has 1 unspecified atom stereocenters. The van der Waals surface area contributed by atoms with Gasteiger partial charge in [-0.25, -0.2) is 0 Å². The number of cyclic esters (lactones) is 1. The van der Waals surface area contributed by atoms with Gasteiger partial charge in [0.15, 0.2) is 0 Å². The normalized spacial score (nSPS) is 30.4. The van der Waals surface area contributed by atoms with Gasteiger partial charge in [0.25, 0.3) is 5.91 Å². The molecule has 39 heavy (non-hydrogen) atoms. The number of para-hydroxylation sites is 1. The molecule has 0 radical (unpaired) electrons. The molecular weight excluding hydrogens is 512 g/mol. The highest BCUT2D eigenvalue weighted by molar-refractivity contribution is 8.02. The molecule has 4 aliphatic heterocycles. The lowest BCUT2D eigenvalue weighted by Crippen LogP contribution is -2.57. The fraction of sp³-hybridized carbons (Fsp3) is 0.387. The monoisotopic (exact) mass is 544 g/mol. The molecule has 2 aromatic rings. The second-order valence-electron chi connectivity index (χ2n) is 10.8. The van der Waals surface area contributed by atoms with Crippen LogP contribution >= 0.6 is 11.8 Å². The molecule has 7 nitrogen and oxygen atoms in total. The third-order valence-corrected chi connectivity index (χ3v) is 10.2. The zero-order chi connectivity index (χ0) is 27.3. The van der Waals surface area contributed by atoms with Crippen LogP contribution in [0.3, 0.4) is 0 Å². The molecule has 0 aliphatic carbocycles. The first-order valence-electron chi connectivity index (χ1n) is 13.4. The van der Waals surface area contributed by atoms with E-state index in [2.05, 4.69) is 0 Å². The third kappa shape index (κ3) is 4.03. The molecule has 0 aromatic heterocycles. The van der Waals surface area contributed by atoms with Gasteiger partial charge in [-0.05, 0) is 37.0 Å². The van der Waals surface area contributed by atoms with Gasteiger partial charge in [-0.3, -0.25) is 14.4 Å². The van der Waals surface area contributed by atoms with Crippen LogP contribution < -0.4 is 4.90 Å². The highest BCUT2D eigenvalue weighted by atomic mass is 32.2. The zero-order valence-corrected chi connectivity index (χ0v) is 22.8. The van der Waals surface area contributed by atoms with Gasteiger partial charge in [0.05, 0.1) is 29.2 Å². The number of rotatable bonds is 5. The number of nitrogens with zero attached hydrogens (tertiary/aromatic N) is 2. The largest absolute Gasteiger partial charge is 0.461 e. The molecular formula is C31H32N2O5S. The average molecular weight is 545 g/mol. The van der Waals surface area contributed by atoms with Crippen molar-refractivity contribution in [2.75, 3.05) is 24.7 Å². The Labute approximate surface area is 232 Å². The molecule has 8 heteroatoms. The van der Waals surface area contributed by atoms with E-state index in [1.807, 2.05) is 86.7 Å². The van der Waals surface area contributed by atoms with E-state index >= 15 is 0 Å². The number of aliphatic hydroxyl groups is 1. The lowest BCUT2D eigenvalue weighted by Gasteiger charge is -2.39. The molecule has 0 saturated carbocycles. The number of amides is 2. The van der Waals surface area contributed by atoms with E-state index in [0.717, 1.165) is 22.4 Å². The number of carbonyl (C=O) groups excluding carboxylic acids is 3. The van der Waals surface area contributed by atoms with Gasteiger partial charge in [0, 0.05) is 17.5 Å². The predicted molar refractivity (Wildman–Crippen MR) is 150 cm³/mol. The van der Waals surface area contributed by atoms with Gasteiger partial charge in [-0.15, -0.1) is 11.8 Å². The van der Waals surface area contributed by atoms with Gasteiger partial charge >= 0.3 is 5.97 Å². The summed E-state index contributed by atoms with van der Waals surface area (Å²) in [5, 5.41) is 10.4. The average Bonchev–Trinajstić information content (AvgIpc) is 3.23. The molecule has 2 aromatic carbocycles. The summed E-state index contributed by atoms with van der Waals surface area (Å²) in [7, 11) is 0. The van der Waals surface area contributed by atoms with E-state index in [4.69, 9.17) is 4.74 Å². The van der Waals surface area contributed by atoms with E-state index in [1.54, 1.807) is 9.80 Å². The summed E-state index contributed by atoms with van der Waals surface area (Å²) in [6.45, 7) is 4.19. The first-order chi connectivity index (χ1) is 18.9. The van der Waals surface area contributed by atoms with Gasteiger partial charge in [0.1, 0.15) is 12.6 Å². The van der Waals surface area contributed by atoms with E-state index in [1.165, 1.54) is 11.8 Å². The Morgan fingerprint density at radius 1 is 1.03 bits per heavy atom. The minimum Gasteiger partial charge on any atom is -0.461 e. The number of hydrogen-bond acceptors (Lipinski definition) is 6. The number of anilines is 1. The highest BCUT2D eigenvalue weighted by Crippen LogP contribution is 2.61. The number of hydrogen-bond donors (Lipinski definition) is 1. The maximum Gasteiger partial charge on any atom is 0.311 e. The summed E-state index contributed by atoms with van der Waals surface area (Å²) in [6.07, 6.45) is 8.12. The fourth-order valence-electron chi connectivity index (χ4n) is 6.87. The lowest BCUT2D eigenvalue weighted by molar-refractivity contribution is -0.152. The van der Waals surface area contributed by atoms with Crippen LogP contribution in [-0.2, 0) is 25.5 Å². The second kappa shape index (κ2) is 9.99. The molecule has 2 fully saturated rings. The summed E-state index contributed by atoms with van der Waals surface area (Å²) in [6, 6.07) is 14.1. The van der Waals surface area contributed by atoms with Crippen LogP contribution in [0.2, 0.25) is 0 Å². The van der Waals surface area contributed by atoms with Crippen molar-refractivity contribution in [3.05, 3.63) is 89.5 Å². The molecule has 6 atom stereocenters. The van der Waals surface area contributed by atoms with Gasteiger partial charge < -0.3 is 19.6 Å². The summed E-state index contributed by atoms with van der Waals surface area (Å²) >= 11 is 1.51. The van der Waals surface area contributed by atoms with Crippen LogP contribution in [0.25, 0.3) is 0 Å². The van der Waals surface area contributed by atoms with Crippen LogP contribution in [0.1, 0.15) is 16.7 Å². The third-order valence-electron chi connectivity index (χ3n) is 8.48. The quantitative estimate of drug-likeness (QED) is 0.460. The number of thioether (sulfide) groups is 1. The Kier molecular flexibility index (Phi) is 6.63. The van der Waals surface area contributed by atoms with E-state index < -0.39 is 34.6 Å². The van der Waals surface area contributed by atoms with Gasteiger partial charge in [-0.1, -0.05) is 72.8 Å². The predicted octanol–water partition coefficient (Wildman–Crippen LogP) is 3.22. The van der Waals surface area contributed by atoms with Crippen LogP contribution in [0.15, 0.2) is 72.8 Å². The summed E-state index contributed by atoms with van der Waals surface area (Å²) in [5.41, 5.74) is 3.74. The summed E-state index contributed by atoms with van der Waals surface area (Å²) in [4.78, 5) is 45.8. The molecule has 1 spiro atoms. The zero-order valence-electron chi connectivity index (χ0n) is 22.0. The Morgan fingerprint density at radius 3 is 2.49 bits per heavy atom. The standard InChI is InChI=1S/C31H32N2O5S/c1-19-9-6-10-20(2)26(19)32-15-8-14-31-25(24-23(39-31)13-7-16-38-30(24)37)28(35)33(27(31)29(32)36)22(18-34)17-21-11-4-3-5-12-21/h3-14,22-25,27,34H,15-18H2,1-2H3/t22-,23+,24-,25+,27?,31+/m1/s1. The number of likely N-dealkylation sites (tertiary alicyclic amines) is 1. The maximum atomic E-state index is 14.7. The fourth-order valence-corrected chi connectivity index (χ4v) is 8.86. The van der Waals surface area contributed by atoms with E-state index in [9.17, 15) is 19.5 Å². The van der Waals surface area contributed by atoms with Crippen LogP contribution in [-0.4, -0.2) is 69.6 Å². The number of carbonyl (C=O) groups is 3. The Bertz CT molecular complexity index is 1350. The smallest absolute Gasteiger partial charge is 0.311 e. The molecule has 6 rings (SSSR count). The lowest BCUT2D eigenvalue weighted by atomic mass is 9.78. The minimum atomic E-state index is -0.959. The van der Waals surface area contributed by atoms with E-state index in [-0.39, 0.29) is 30.3 Å². The second-order valence-corrected chi connectivity index (χ2v) is 12.3. The van der Waals surface area contributed by atoms with Crippen LogP contribution in [0.5, 0.6) is 0 Å². The molecule has 4 aliphatic rings. The summed E-state index contributed by atoms with van der Waals surface area (Å²) in [5.74, 6) is -2.34. The molecule has 1 N–H and O–H groups in total. The van der Waals surface area contributed by atoms with Crippen LogP contribution in [0.4, 0.5) is 5.69 Å². The number of ether oxygens (including phenoxy) is 1. The molecule has 2 amide bonds. The SMILES string of the molecule is Cc1cccc(C)c1N1CC=C[C@]23S[C@H]4C=CCOC(=O)[C@H]4[C@H]2C(=O)N([C@@H](CO)Cc2ccccc2)C3C1=O. The maximum absolute atomic E-state index is 14.7. The molecule has 0 bridgehead atoms. The minimum absolute atomic E-state index is 0.176. The molecule has 4 heterocycles. The van der Waals surface area contributed by atoms with Crippen molar-refractivity contribution in [2.24, 2.45) is 11.8 Å². The Balaban J connectivity index is 1.50.